The second-order valence-corrected chi connectivity index (χ2v) is 5.44. The highest BCUT2D eigenvalue weighted by atomic mass is 127. The van der Waals surface area contributed by atoms with Gasteiger partial charge in [0.2, 0.25) is 11.8 Å². The molecule has 17 heavy (non-hydrogen) atoms. The van der Waals surface area contributed by atoms with E-state index in [1.54, 1.807) is 12.1 Å². The van der Waals surface area contributed by atoms with Gasteiger partial charge in [0.05, 0.1) is 16.6 Å². The molecule has 6 heteroatoms. The quantitative estimate of drug-likeness (QED) is 0.446. The molecule has 1 aromatic rings. The molecule has 0 N–H and O–H groups in total. The average Bonchev–Trinajstić information content (AvgIpc) is 2.55. The first kappa shape index (κ1) is 13.1. The minimum absolute atomic E-state index is 0.186. The molecule has 0 radical (unpaired) electrons. The largest absolute Gasteiger partial charge is 0.274 e. The van der Waals surface area contributed by atoms with Gasteiger partial charge in [-0.3, -0.25) is 9.59 Å². The van der Waals surface area contributed by atoms with Crippen molar-refractivity contribution >= 4 is 63.3 Å². The van der Waals surface area contributed by atoms with Gasteiger partial charge in [0.1, 0.15) is 0 Å². The number of carbonyl (C=O) groups excluding carboxylic acids is 2. The summed E-state index contributed by atoms with van der Waals surface area (Å²) in [5.41, 5.74) is 0.415. The normalized spacial score (nSPS) is 20.2. The van der Waals surface area contributed by atoms with Crippen LogP contribution >= 0.6 is 45.8 Å². The smallest absolute Gasteiger partial charge is 0.238 e. The highest BCUT2D eigenvalue weighted by Crippen LogP contribution is 2.34. The maximum absolute atomic E-state index is 12.0. The van der Waals surface area contributed by atoms with Gasteiger partial charge in [-0.25, -0.2) is 4.90 Å². The fraction of sp³-hybridized carbons (Fsp3) is 0.273. The fourth-order valence-corrected chi connectivity index (χ4v) is 2.91. The van der Waals surface area contributed by atoms with Gasteiger partial charge in [0, 0.05) is 15.9 Å². The van der Waals surface area contributed by atoms with Crippen LogP contribution in [0.15, 0.2) is 18.2 Å². The van der Waals surface area contributed by atoms with E-state index in [2.05, 4.69) is 22.6 Å². The Kier molecular flexibility index (Phi) is 3.95. The van der Waals surface area contributed by atoms with Crippen LogP contribution in [0, 0.1) is 5.92 Å². The topological polar surface area (TPSA) is 37.4 Å². The van der Waals surface area contributed by atoms with Crippen LogP contribution in [0.25, 0.3) is 0 Å². The van der Waals surface area contributed by atoms with Gasteiger partial charge in [-0.1, -0.05) is 45.8 Å². The van der Waals surface area contributed by atoms with E-state index in [0.717, 1.165) is 4.90 Å². The van der Waals surface area contributed by atoms with Crippen LogP contribution in [-0.4, -0.2) is 16.2 Å². The lowest BCUT2D eigenvalue weighted by Gasteiger charge is -2.16. The Labute approximate surface area is 122 Å². The molecule has 2 amide bonds. The molecule has 1 atom stereocenters. The fourth-order valence-electron chi connectivity index (χ4n) is 1.73. The summed E-state index contributed by atoms with van der Waals surface area (Å²) in [6, 6.07) is 4.73. The van der Waals surface area contributed by atoms with Crippen molar-refractivity contribution in [3.8, 4) is 0 Å². The first-order valence-electron chi connectivity index (χ1n) is 4.92. The molecule has 2 rings (SSSR count). The van der Waals surface area contributed by atoms with Crippen molar-refractivity contribution in [2.45, 2.75) is 6.42 Å². The number of anilines is 1. The Balaban J connectivity index is 2.40. The van der Waals surface area contributed by atoms with Crippen molar-refractivity contribution in [1.82, 2.24) is 0 Å². The molecule has 1 aliphatic rings. The van der Waals surface area contributed by atoms with E-state index in [4.69, 9.17) is 23.2 Å². The zero-order chi connectivity index (χ0) is 12.6. The summed E-state index contributed by atoms with van der Waals surface area (Å²) < 4.78 is 0.629. The standard InChI is InChI=1S/C11H8Cl2INO2/c12-7-1-2-9(8(13)4-7)15-10(16)3-6(5-14)11(15)17/h1-2,4,6H,3,5H2. The number of amides is 2. The lowest BCUT2D eigenvalue weighted by atomic mass is 10.1. The minimum Gasteiger partial charge on any atom is -0.274 e. The van der Waals surface area contributed by atoms with Crippen LogP contribution in [0.5, 0.6) is 0 Å². The zero-order valence-electron chi connectivity index (χ0n) is 8.62. The van der Waals surface area contributed by atoms with Crippen LogP contribution < -0.4 is 4.90 Å². The number of carbonyl (C=O) groups is 2. The van der Waals surface area contributed by atoms with E-state index in [0.29, 0.717) is 20.2 Å². The van der Waals surface area contributed by atoms with Crippen LogP contribution in [0.3, 0.4) is 0 Å². The van der Waals surface area contributed by atoms with Gasteiger partial charge >= 0.3 is 0 Å². The first-order chi connectivity index (χ1) is 8.04. The van der Waals surface area contributed by atoms with E-state index in [9.17, 15) is 9.59 Å². The van der Waals surface area contributed by atoms with Gasteiger partial charge in [-0.15, -0.1) is 0 Å². The molecule has 90 valence electrons. The Morgan fingerprint density at radius 3 is 2.59 bits per heavy atom. The molecule has 3 nitrogen and oxygen atoms in total. The third-order valence-corrected chi connectivity index (χ3v) is 4.18. The number of hydrogen-bond acceptors (Lipinski definition) is 2. The molecule has 1 aromatic carbocycles. The number of hydrogen-bond donors (Lipinski definition) is 0. The molecule has 1 fully saturated rings. The number of benzene rings is 1. The molecule has 0 spiro atoms. The number of imide groups is 1. The minimum atomic E-state index is -0.241. The monoisotopic (exact) mass is 383 g/mol. The molecule has 0 aromatic heterocycles. The third-order valence-electron chi connectivity index (χ3n) is 2.58. The molecule has 1 unspecified atom stereocenters. The van der Waals surface area contributed by atoms with Crippen molar-refractivity contribution in [2.24, 2.45) is 5.92 Å². The second-order valence-electron chi connectivity index (χ2n) is 3.72. The van der Waals surface area contributed by atoms with Crippen molar-refractivity contribution in [2.75, 3.05) is 9.33 Å². The summed E-state index contributed by atoms with van der Waals surface area (Å²) in [5.74, 6) is -0.635. The van der Waals surface area contributed by atoms with E-state index in [1.807, 2.05) is 0 Å². The highest BCUT2D eigenvalue weighted by molar-refractivity contribution is 14.1. The second kappa shape index (κ2) is 5.12. The predicted octanol–water partition coefficient (Wildman–Crippen LogP) is 3.31. The summed E-state index contributed by atoms with van der Waals surface area (Å²) >= 11 is 13.9. The summed E-state index contributed by atoms with van der Waals surface area (Å²) in [4.78, 5) is 24.9. The lowest BCUT2D eigenvalue weighted by molar-refractivity contribution is -0.122. The predicted molar refractivity (Wildman–Crippen MR) is 75.9 cm³/mol. The van der Waals surface area contributed by atoms with Crippen LogP contribution in [0.2, 0.25) is 10.0 Å². The average molecular weight is 384 g/mol. The van der Waals surface area contributed by atoms with Gasteiger partial charge in [-0.2, -0.15) is 0 Å². The van der Waals surface area contributed by atoms with E-state index in [1.165, 1.54) is 6.07 Å². The van der Waals surface area contributed by atoms with E-state index in [-0.39, 0.29) is 24.2 Å². The summed E-state index contributed by atoms with van der Waals surface area (Å²) in [6.07, 6.45) is 0.251. The van der Waals surface area contributed by atoms with Gasteiger partial charge in [0.25, 0.3) is 0 Å². The molecular formula is C11H8Cl2INO2. The highest BCUT2D eigenvalue weighted by Gasteiger charge is 2.39. The van der Waals surface area contributed by atoms with Crippen molar-refractivity contribution in [3.63, 3.8) is 0 Å². The first-order valence-corrected chi connectivity index (χ1v) is 7.20. The molecule has 0 saturated carbocycles. The molecule has 0 bridgehead atoms. The van der Waals surface area contributed by atoms with Gasteiger partial charge < -0.3 is 0 Å². The Bertz CT molecular complexity index is 492. The van der Waals surface area contributed by atoms with Crippen molar-refractivity contribution in [1.29, 1.82) is 0 Å². The van der Waals surface area contributed by atoms with E-state index < -0.39 is 0 Å². The van der Waals surface area contributed by atoms with Crippen molar-refractivity contribution in [3.05, 3.63) is 28.2 Å². The van der Waals surface area contributed by atoms with Crippen LogP contribution in [0.1, 0.15) is 6.42 Å². The maximum atomic E-state index is 12.0. The number of rotatable bonds is 2. The maximum Gasteiger partial charge on any atom is 0.238 e. The molecule has 1 aliphatic heterocycles. The summed E-state index contributed by atoms with van der Waals surface area (Å²) in [7, 11) is 0. The third kappa shape index (κ3) is 2.44. The Morgan fingerprint density at radius 2 is 2.06 bits per heavy atom. The Morgan fingerprint density at radius 1 is 1.35 bits per heavy atom. The van der Waals surface area contributed by atoms with E-state index >= 15 is 0 Å². The zero-order valence-corrected chi connectivity index (χ0v) is 12.3. The van der Waals surface area contributed by atoms with Gasteiger partial charge in [-0.05, 0) is 18.2 Å². The molecule has 0 aliphatic carbocycles. The number of halogens is 3. The van der Waals surface area contributed by atoms with Gasteiger partial charge in [0.15, 0.2) is 0 Å². The molecule has 1 saturated heterocycles. The van der Waals surface area contributed by atoms with Crippen LogP contribution in [0.4, 0.5) is 5.69 Å². The lowest BCUT2D eigenvalue weighted by Crippen LogP contribution is -2.30. The summed E-state index contributed by atoms with van der Waals surface area (Å²) in [5, 5.41) is 0.789. The molecule has 1 heterocycles. The number of nitrogens with zero attached hydrogens (tertiary/aromatic N) is 1. The van der Waals surface area contributed by atoms with Crippen molar-refractivity contribution < 1.29 is 9.59 Å². The summed E-state index contributed by atoms with van der Waals surface area (Å²) in [6.45, 7) is 0. The van der Waals surface area contributed by atoms with Crippen LogP contribution in [-0.2, 0) is 9.59 Å². The number of alkyl halides is 1. The molecular weight excluding hydrogens is 376 g/mol. The Hall–Kier alpha value is -0.330. The SMILES string of the molecule is O=C1CC(CI)C(=O)N1c1ccc(Cl)cc1Cl.